The predicted molar refractivity (Wildman–Crippen MR) is 67.4 cm³/mol. The van der Waals surface area contributed by atoms with E-state index in [-0.39, 0.29) is 11.5 Å². The van der Waals surface area contributed by atoms with E-state index in [4.69, 9.17) is 4.74 Å². The minimum Gasteiger partial charge on any atom is -0.376 e. The normalized spacial score (nSPS) is 11.2. The van der Waals surface area contributed by atoms with Crippen LogP contribution in [0.4, 0.5) is 0 Å². The molecule has 0 saturated carbocycles. The van der Waals surface area contributed by atoms with Crippen LogP contribution in [0.3, 0.4) is 0 Å². The van der Waals surface area contributed by atoms with E-state index in [0.717, 1.165) is 25.9 Å². The van der Waals surface area contributed by atoms with Crippen molar-refractivity contribution in [1.82, 2.24) is 5.32 Å². The highest BCUT2D eigenvalue weighted by Crippen LogP contribution is 2.14. The van der Waals surface area contributed by atoms with Gasteiger partial charge in [-0.1, -0.05) is 19.9 Å². The molecule has 0 radical (unpaired) electrons. The maximum atomic E-state index is 11.2. The van der Waals surface area contributed by atoms with E-state index >= 15 is 0 Å². The Labute approximate surface area is 99.3 Å². The van der Waals surface area contributed by atoms with Crippen molar-refractivity contribution in [3.8, 4) is 0 Å². The van der Waals surface area contributed by atoms with Gasteiger partial charge in [0.05, 0.1) is 5.60 Å². The number of hydrogen-bond acceptors (Lipinski definition) is 2. The van der Waals surface area contributed by atoms with Gasteiger partial charge in [0.15, 0.2) is 0 Å². The second-order valence-corrected chi connectivity index (χ2v) is 4.75. The fourth-order valence-corrected chi connectivity index (χ4v) is 1.19. The topological polar surface area (TPSA) is 38.3 Å². The van der Waals surface area contributed by atoms with Crippen molar-refractivity contribution in [2.45, 2.75) is 52.6 Å². The van der Waals surface area contributed by atoms with Gasteiger partial charge in [0.25, 0.3) is 0 Å². The molecule has 0 bridgehead atoms. The molecule has 0 fully saturated rings. The second kappa shape index (κ2) is 7.44. The molecule has 0 saturated heterocycles. The van der Waals surface area contributed by atoms with Crippen LogP contribution in [-0.4, -0.2) is 24.7 Å². The standard InChI is InChI=1S/C13H25NO2/c1-6-7-10-16-13(4,5)8-9-14-12(15)11(2)3/h2,6-10H2,1,3-5H3,(H,14,15). The first-order chi connectivity index (χ1) is 7.39. The van der Waals surface area contributed by atoms with Crippen LogP contribution in [0, 0.1) is 0 Å². The molecule has 0 spiro atoms. The van der Waals surface area contributed by atoms with E-state index in [1.165, 1.54) is 0 Å². The largest absolute Gasteiger partial charge is 0.376 e. The summed E-state index contributed by atoms with van der Waals surface area (Å²) in [7, 11) is 0. The van der Waals surface area contributed by atoms with Crippen molar-refractivity contribution in [2.24, 2.45) is 0 Å². The van der Waals surface area contributed by atoms with E-state index in [9.17, 15) is 4.79 Å². The molecule has 0 aliphatic rings. The van der Waals surface area contributed by atoms with Crippen LogP contribution in [-0.2, 0) is 9.53 Å². The van der Waals surface area contributed by atoms with Crippen molar-refractivity contribution in [1.29, 1.82) is 0 Å². The Hall–Kier alpha value is -0.830. The zero-order valence-corrected chi connectivity index (χ0v) is 11.1. The van der Waals surface area contributed by atoms with Gasteiger partial charge >= 0.3 is 0 Å². The number of carbonyl (C=O) groups is 1. The first kappa shape index (κ1) is 15.2. The number of rotatable bonds is 8. The molecule has 1 amide bonds. The van der Waals surface area contributed by atoms with Gasteiger partial charge in [-0.15, -0.1) is 0 Å². The summed E-state index contributed by atoms with van der Waals surface area (Å²) in [4.78, 5) is 11.2. The number of unbranched alkanes of at least 4 members (excludes halogenated alkanes) is 1. The van der Waals surface area contributed by atoms with Crippen molar-refractivity contribution in [2.75, 3.05) is 13.2 Å². The van der Waals surface area contributed by atoms with Gasteiger partial charge in [0.2, 0.25) is 5.91 Å². The SMILES string of the molecule is C=C(C)C(=O)NCCC(C)(C)OCCCC. The van der Waals surface area contributed by atoms with E-state index in [1.807, 2.05) is 0 Å². The number of hydrogen-bond donors (Lipinski definition) is 1. The monoisotopic (exact) mass is 227 g/mol. The highest BCUT2D eigenvalue weighted by molar-refractivity contribution is 5.91. The maximum Gasteiger partial charge on any atom is 0.246 e. The molecule has 0 heterocycles. The van der Waals surface area contributed by atoms with Crippen LogP contribution in [0.2, 0.25) is 0 Å². The third-order valence-electron chi connectivity index (χ3n) is 2.39. The Morgan fingerprint density at radius 2 is 2.06 bits per heavy atom. The van der Waals surface area contributed by atoms with Gasteiger partial charge in [0.1, 0.15) is 0 Å². The third kappa shape index (κ3) is 7.46. The summed E-state index contributed by atoms with van der Waals surface area (Å²) < 4.78 is 5.74. The fraction of sp³-hybridized carbons (Fsp3) is 0.769. The Morgan fingerprint density at radius 1 is 1.44 bits per heavy atom. The second-order valence-electron chi connectivity index (χ2n) is 4.75. The molecule has 0 aromatic carbocycles. The molecule has 94 valence electrons. The zero-order valence-electron chi connectivity index (χ0n) is 11.1. The lowest BCUT2D eigenvalue weighted by molar-refractivity contribution is -0.117. The van der Waals surface area contributed by atoms with E-state index < -0.39 is 0 Å². The van der Waals surface area contributed by atoms with Gasteiger partial charge in [-0.3, -0.25) is 4.79 Å². The lowest BCUT2D eigenvalue weighted by Crippen LogP contribution is -2.33. The lowest BCUT2D eigenvalue weighted by Gasteiger charge is -2.25. The minimum atomic E-state index is -0.169. The molecule has 3 nitrogen and oxygen atoms in total. The van der Waals surface area contributed by atoms with E-state index in [2.05, 4.69) is 32.7 Å². The van der Waals surface area contributed by atoms with Gasteiger partial charge < -0.3 is 10.1 Å². The molecule has 0 aromatic rings. The Bertz CT molecular complexity index is 234. The highest BCUT2D eigenvalue weighted by atomic mass is 16.5. The molecule has 0 atom stereocenters. The van der Waals surface area contributed by atoms with Crippen LogP contribution < -0.4 is 5.32 Å². The third-order valence-corrected chi connectivity index (χ3v) is 2.39. The van der Waals surface area contributed by atoms with Gasteiger partial charge in [0, 0.05) is 18.7 Å². The fourth-order valence-electron chi connectivity index (χ4n) is 1.19. The molecular formula is C13H25NO2. The van der Waals surface area contributed by atoms with Gasteiger partial charge in [-0.05, 0) is 33.6 Å². The predicted octanol–water partition coefficient (Wildman–Crippen LogP) is 2.66. The van der Waals surface area contributed by atoms with Crippen molar-refractivity contribution >= 4 is 5.91 Å². The van der Waals surface area contributed by atoms with Crippen LogP contribution in [0.1, 0.15) is 47.0 Å². The Morgan fingerprint density at radius 3 is 2.56 bits per heavy atom. The highest BCUT2D eigenvalue weighted by Gasteiger charge is 2.17. The molecule has 1 N–H and O–H groups in total. The summed E-state index contributed by atoms with van der Waals surface area (Å²) in [5.41, 5.74) is 0.377. The van der Waals surface area contributed by atoms with Crippen molar-refractivity contribution < 1.29 is 9.53 Å². The molecule has 0 aromatic heterocycles. The average Bonchev–Trinajstić information content (AvgIpc) is 2.17. The molecular weight excluding hydrogens is 202 g/mol. The number of carbonyl (C=O) groups excluding carboxylic acids is 1. The molecule has 0 rings (SSSR count). The minimum absolute atomic E-state index is 0.0793. The summed E-state index contributed by atoms with van der Waals surface area (Å²) in [5, 5.41) is 2.81. The molecule has 0 unspecified atom stereocenters. The Balaban J connectivity index is 3.73. The summed E-state index contributed by atoms with van der Waals surface area (Å²) in [5.74, 6) is -0.0793. The van der Waals surface area contributed by atoms with Gasteiger partial charge in [-0.25, -0.2) is 0 Å². The van der Waals surface area contributed by atoms with Gasteiger partial charge in [-0.2, -0.15) is 0 Å². The van der Waals surface area contributed by atoms with Crippen LogP contribution in [0.15, 0.2) is 12.2 Å². The van der Waals surface area contributed by atoms with Crippen LogP contribution in [0.5, 0.6) is 0 Å². The van der Waals surface area contributed by atoms with E-state index in [1.54, 1.807) is 6.92 Å². The molecule has 0 aliphatic heterocycles. The first-order valence-corrected chi connectivity index (χ1v) is 5.96. The molecule has 0 aliphatic carbocycles. The molecule has 3 heteroatoms. The van der Waals surface area contributed by atoms with Crippen molar-refractivity contribution in [3.63, 3.8) is 0 Å². The Kier molecular flexibility index (Phi) is 7.06. The average molecular weight is 227 g/mol. The summed E-state index contributed by atoms with van der Waals surface area (Å²) in [6.07, 6.45) is 3.04. The quantitative estimate of drug-likeness (QED) is 0.511. The number of ether oxygens (including phenoxy) is 1. The number of nitrogens with one attached hydrogen (secondary N) is 1. The summed E-state index contributed by atoms with van der Waals surface area (Å²) in [6.45, 7) is 13.0. The molecule has 16 heavy (non-hydrogen) atoms. The lowest BCUT2D eigenvalue weighted by atomic mass is 10.1. The van der Waals surface area contributed by atoms with Crippen molar-refractivity contribution in [3.05, 3.63) is 12.2 Å². The zero-order chi connectivity index (χ0) is 12.6. The maximum absolute atomic E-state index is 11.2. The van der Waals surface area contributed by atoms with Crippen LogP contribution >= 0.6 is 0 Å². The van der Waals surface area contributed by atoms with Crippen LogP contribution in [0.25, 0.3) is 0 Å². The summed E-state index contributed by atoms with van der Waals surface area (Å²) in [6, 6.07) is 0. The van der Waals surface area contributed by atoms with E-state index in [0.29, 0.717) is 12.1 Å². The summed E-state index contributed by atoms with van der Waals surface area (Å²) >= 11 is 0. The first-order valence-electron chi connectivity index (χ1n) is 5.96. The smallest absolute Gasteiger partial charge is 0.246 e. The number of amides is 1.